The van der Waals surface area contributed by atoms with Crippen LogP contribution in [0.1, 0.15) is 39.6 Å². The van der Waals surface area contributed by atoms with Gasteiger partial charge in [-0.1, -0.05) is 6.07 Å². The third-order valence-corrected chi connectivity index (χ3v) is 8.65. The first-order valence-electron chi connectivity index (χ1n) is 10.8. The number of aryl methyl sites for hydroxylation is 1. The molecule has 0 bridgehead atoms. The summed E-state index contributed by atoms with van der Waals surface area (Å²) in [6.07, 6.45) is 2.88. The molecule has 0 aromatic carbocycles. The Morgan fingerprint density at radius 3 is 2.50 bits per heavy atom. The number of likely N-dealkylation sites (tertiary alicyclic amines) is 1. The first-order valence-corrected chi connectivity index (χ1v) is 12.5. The number of hydrogen-bond donors (Lipinski definition) is 0. The lowest BCUT2D eigenvalue weighted by molar-refractivity contribution is -0.135. The Kier molecular flexibility index (Phi) is 5.41. The molecule has 3 fully saturated rings. The lowest BCUT2D eigenvalue weighted by Gasteiger charge is -2.36. The fourth-order valence-electron chi connectivity index (χ4n) is 5.00. The molecule has 2 saturated heterocycles. The Hall–Kier alpha value is -1.77. The number of rotatable bonds is 4. The van der Waals surface area contributed by atoms with Crippen molar-refractivity contribution in [1.29, 1.82) is 0 Å². The van der Waals surface area contributed by atoms with Gasteiger partial charge in [0.2, 0.25) is 5.91 Å². The number of carbonyl (C=O) groups excluding carboxylic acids is 2. The van der Waals surface area contributed by atoms with Gasteiger partial charge in [-0.05, 0) is 43.0 Å². The summed E-state index contributed by atoms with van der Waals surface area (Å²) in [5.41, 5.74) is 0.706. The van der Waals surface area contributed by atoms with E-state index in [4.69, 9.17) is 0 Å². The van der Waals surface area contributed by atoms with Crippen molar-refractivity contribution < 1.29 is 9.59 Å². The Morgan fingerprint density at radius 1 is 1.10 bits per heavy atom. The van der Waals surface area contributed by atoms with Gasteiger partial charge in [0, 0.05) is 62.0 Å². The highest BCUT2D eigenvalue weighted by molar-refractivity contribution is 7.10. The van der Waals surface area contributed by atoms with Gasteiger partial charge in [0.25, 0.3) is 5.91 Å². The molecule has 1 aliphatic carbocycles. The minimum Gasteiger partial charge on any atom is -0.340 e. The van der Waals surface area contributed by atoms with Crippen LogP contribution in [-0.4, -0.2) is 70.8 Å². The zero-order valence-electron chi connectivity index (χ0n) is 17.4. The van der Waals surface area contributed by atoms with Gasteiger partial charge in [0.15, 0.2) is 0 Å². The molecule has 8 heteroatoms. The molecule has 30 heavy (non-hydrogen) atoms. The van der Waals surface area contributed by atoms with Crippen molar-refractivity contribution in [2.45, 2.75) is 32.7 Å². The van der Waals surface area contributed by atoms with Crippen LogP contribution >= 0.6 is 22.7 Å². The predicted molar refractivity (Wildman–Crippen MR) is 119 cm³/mol. The predicted octanol–water partition coefficient (Wildman–Crippen LogP) is 3.10. The maximum atomic E-state index is 13.1. The quantitative estimate of drug-likeness (QED) is 0.727. The van der Waals surface area contributed by atoms with E-state index < -0.39 is 0 Å². The molecule has 2 aromatic rings. The number of piperidine rings is 1. The molecule has 2 amide bonds. The maximum Gasteiger partial charge on any atom is 0.273 e. The van der Waals surface area contributed by atoms with Crippen molar-refractivity contribution in [1.82, 2.24) is 19.7 Å². The normalized spacial score (nSPS) is 23.7. The van der Waals surface area contributed by atoms with Gasteiger partial charge in [-0.3, -0.25) is 14.5 Å². The lowest BCUT2D eigenvalue weighted by Crippen LogP contribution is -2.49. The molecule has 2 aliphatic heterocycles. The van der Waals surface area contributed by atoms with Crippen molar-refractivity contribution in [2.75, 3.05) is 39.3 Å². The highest BCUT2D eigenvalue weighted by Gasteiger charge is 2.59. The summed E-state index contributed by atoms with van der Waals surface area (Å²) in [5.74, 6) is 0.556. The number of carbonyl (C=O) groups is 2. The third-order valence-electron chi connectivity index (χ3n) is 7.02. The molecule has 6 nitrogen and oxygen atoms in total. The molecule has 4 heterocycles. The number of thiophene rings is 1. The number of piperazine rings is 1. The topological polar surface area (TPSA) is 56.8 Å². The van der Waals surface area contributed by atoms with Gasteiger partial charge in [0.05, 0.1) is 5.01 Å². The number of amides is 2. The van der Waals surface area contributed by atoms with Gasteiger partial charge in [-0.2, -0.15) is 0 Å². The standard InChI is InChI=1S/C22H28N4O2S2/c1-16-23-19(15-30-16)21(28)25-6-4-22(5-7-25)13-18(22)20(27)26-10-8-24(9-11-26)14-17-3-2-12-29-17/h2-3,12,15,18H,4-11,13-14H2,1H3. The molecule has 3 aliphatic rings. The van der Waals surface area contributed by atoms with E-state index in [-0.39, 0.29) is 17.2 Å². The fraction of sp³-hybridized carbons (Fsp3) is 0.591. The summed E-state index contributed by atoms with van der Waals surface area (Å²) < 4.78 is 0. The molecule has 1 unspecified atom stereocenters. The number of hydrogen-bond acceptors (Lipinski definition) is 6. The van der Waals surface area contributed by atoms with E-state index >= 15 is 0 Å². The second kappa shape index (κ2) is 8.05. The van der Waals surface area contributed by atoms with Crippen LogP contribution in [0.15, 0.2) is 22.9 Å². The molecule has 1 saturated carbocycles. The van der Waals surface area contributed by atoms with Crippen LogP contribution in [0.25, 0.3) is 0 Å². The minimum absolute atomic E-state index is 0.0413. The zero-order valence-corrected chi connectivity index (χ0v) is 19.0. The van der Waals surface area contributed by atoms with E-state index in [1.807, 2.05) is 17.2 Å². The van der Waals surface area contributed by atoms with E-state index in [1.54, 1.807) is 11.3 Å². The molecular weight excluding hydrogens is 416 g/mol. The maximum absolute atomic E-state index is 13.1. The van der Waals surface area contributed by atoms with E-state index in [0.29, 0.717) is 11.6 Å². The van der Waals surface area contributed by atoms with Crippen LogP contribution in [0.2, 0.25) is 0 Å². The minimum atomic E-state index is 0.0413. The Morgan fingerprint density at radius 2 is 1.87 bits per heavy atom. The van der Waals surface area contributed by atoms with Gasteiger partial charge in [-0.25, -0.2) is 4.98 Å². The molecule has 0 radical (unpaired) electrons. The molecule has 1 spiro atoms. The van der Waals surface area contributed by atoms with E-state index in [2.05, 4.69) is 32.3 Å². The van der Waals surface area contributed by atoms with Crippen LogP contribution < -0.4 is 0 Å². The Balaban J connectivity index is 1.10. The summed E-state index contributed by atoms with van der Waals surface area (Å²) in [6.45, 7) is 8.00. The zero-order chi connectivity index (χ0) is 20.7. The van der Waals surface area contributed by atoms with Crippen LogP contribution in [0, 0.1) is 18.3 Å². The van der Waals surface area contributed by atoms with Gasteiger partial charge in [0.1, 0.15) is 5.69 Å². The number of nitrogens with zero attached hydrogens (tertiary/aromatic N) is 4. The summed E-state index contributed by atoms with van der Waals surface area (Å²) in [5, 5.41) is 4.90. The first-order chi connectivity index (χ1) is 14.5. The summed E-state index contributed by atoms with van der Waals surface area (Å²) in [4.78, 5) is 37.9. The molecule has 160 valence electrons. The molecule has 0 N–H and O–H groups in total. The fourth-order valence-corrected chi connectivity index (χ4v) is 6.33. The molecule has 5 rings (SSSR count). The molecule has 1 atom stereocenters. The summed E-state index contributed by atoms with van der Waals surface area (Å²) in [7, 11) is 0. The Bertz CT molecular complexity index is 909. The largest absolute Gasteiger partial charge is 0.340 e. The monoisotopic (exact) mass is 444 g/mol. The second-order valence-electron chi connectivity index (χ2n) is 8.84. The molecule has 2 aromatic heterocycles. The highest BCUT2D eigenvalue weighted by atomic mass is 32.1. The van der Waals surface area contributed by atoms with Crippen molar-refractivity contribution in [3.8, 4) is 0 Å². The van der Waals surface area contributed by atoms with E-state index in [1.165, 1.54) is 16.2 Å². The van der Waals surface area contributed by atoms with Gasteiger partial charge in [-0.15, -0.1) is 22.7 Å². The van der Waals surface area contributed by atoms with E-state index in [0.717, 1.165) is 70.1 Å². The van der Waals surface area contributed by atoms with Crippen molar-refractivity contribution in [2.24, 2.45) is 11.3 Å². The molecular formula is C22H28N4O2S2. The SMILES string of the molecule is Cc1nc(C(=O)N2CCC3(CC2)CC3C(=O)N2CCN(Cc3cccs3)CC2)cs1. The summed E-state index contributed by atoms with van der Waals surface area (Å²) in [6, 6.07) is 4.28. The number of aromatic nitrogens is 1. The second-order valence-corrected chi connectivity index (χ2v) is 10.9. The van der Waals surface area contributed by atoms with Crippen LogP contribution in [0.3, 0.4) is 0 Å². The van der Waals surface area contributed by atoms with Crippen LogP contribution in [0.4, 0.5) is 0 Å². The average molecular weight is 445 g/mol. The first kappa shape index (κ1) is 20.2. The van der Waals surface area contributed by atoms with Crippen LogP contribution in [0.5, 0.6) is 0 Å². The summed E-state index contributed by atoms with van der Waals surface area (Å²) >= 11 is 3.32. The smallest absolute Gasteiger partial charge is 0.273 e. The Labute approximate surface area is 185 Å². The highest BCUT2D eigenvalue weighted by Crippen LogP contribution is 2.60. The van der Waals surface area contributed by atoms with Crippen molar-refractivity contribution >= 4 is 34.5 Å². The van der Waals surface area contributed by atoms with Crippen molar-refractivity contribution in [3.05, 3.63) is 38.5 Å². The lowest BCUT2D eigenvalue weighted by atomic mass is 9.90. The van der Waals surface area contributed by atoms with E-state index in [9.17, 15) is 9.59 Å². The van der Waals surface area contributed by atoms with Gasteiger partial charge < -0.3 is 9.80 Å². The number of thiazole rings is 1. The third kappa shape index (κ3) is 3.92. The average Bonchev–Trinajstić information content (AvgIpc) is 3.10. The van der Waals surface area contributed by atoms with Crippen LogP contribution in [-0.2, 0) is 11.3 Å². The van der Waals surface area contributed by atoms with Crippen molar-refractivity contribution in [3.63, 3.8) is 0 Å². The van der Waals surface area contributed by atoms with Gasteiger partial charge >= 0.3 is 0 Å².